The molecule has 0 fully saturated rings. The van der Waals surface area contributed by atoms with E-state index >= 15 is 0 Å². The fourth-order valence-electron chi connectivity index (χ4n) is 1.73. The minimum atomic E-state index is -0.293. The molecular weight excluding hydrogens is 257 g/mol. The topological polar surface area (TPSA) is 47.0 Å². The van der Waals surface area contributed by atoms with Gasteiger partial charge in [0.2, 0.25) is 5.88 Å². The van der Waals surface area contributed by atoms with Crippen molar-refractivity contribution in [2.24, 2.45) is 0 Å². The standard InChI is InChI=1S/C15H18FN3O/c1-4-9-17-14-10(2)15(19-11(3)18-14)20-13-7-5-12(16)6-8-13/h5-8H,4,9H2,1-3H3,(H,17,18,19). The first kappa shape index (κ1) is 14.2. The molecule has 5 heteroatoms. The molecule has 0 spiro atoms. The minimum absolute atomic E-state index is 0.293. The number of benzene rings is 1. The van der Waals surface area contributed by atoms with E-state index in [-0.39, 0.29) is 5.82 Å². The number of anilines is 1. The molecule has 0 aliphatic heterocycles. The molecule has 0 atom stereocenters. The molecule has 0 saturated heterocycles. The SMILES string of the molecule is CCCNc1nc(C)nc(Oc2ccc(F)cc2)c1C. The maximum absolute atomic E-state index is 12.9. The maximum Gasteiger partial charge on any atom is 0.227 e. The first-order valence-electron chi connectivity index (χ1n) is 6.62. The zero-order chi connectivity index (χ0) is 14.5. The van der Waals surface area contributed by atoms with Crippen LogP contribution in [0.3, 0.4) is 0 Å². The van der Waals surface area contributed by atoms with E-state index in [2.05, 4.69) is 22.2 Å². The third-order valence-corrected chi connectivity index (χ3v) is 2.78. The van der Waals surface area contributed by atoms with E-state index in [0.29, 0.717) is 17.5 Å². The van der Waals surface area contributed by atoms with Crippen molar-refractivity contribution < 1.29 is 9.13 Å². The molecule has 0 bridgehead atoms. The van der Waals surface area contributed by atoms with Crippen molar-refractivity contribution in [3.8, 4) is 11.6 Å². The van der Waals surface area contributed by atoms with Crippen LogP contribution in [-0.2, 0) is 0 Å². The summed E-state index contributed by atoms with van der Waals surface area (Å²) in [5, 5.41) is 3.25. The fraction of sp³-hybridized carbons (Fsp3) is 0.333. The normalized spacial score (nSPS) is 10.4. The average molecular weight is 275 g/mol. The third kappa shape index (κ3) is 3.44. The van der Waals surface area contributed by atoms with Gasteiger partial charge in [0, 0.05) is 6.54 Å². The Labute approximate surface area is 118 Å². The lowest BCUT2D eigenvalue weighted by Crippen LogP contribution is -2.07. The molecule has 1 aromatic heterocycles. The van der Waals surface area contributed by atoms with Gasteiger partial charge >= 0.3 is 0 Å². The highest BCUT2D eigenvalue weighted by Crippen LogP contribution is 2.27. The molecular formula is C15H18FN3O. The summed E-state index contributed by atoms with van der Waals surface area (Å²) >= 11 is 0. The molecule has 0 radical (unpaired) electrons. The van der Waals surface area contributed by atoms with E-state index in [1.54, 1.807) is 12.1 Å². The van der Waals surface area contributed by atoms with Crippen LogP contribution in [-0.4, -0.2) is 16.5 Å². The Morgan fingerprint density at radius 2 is 1.85 bits per heavy atom. The van der Waals surface area contributed by atoms with Crippen molar-refractivity contribution in [3.63, 3.8) is 0 Å². The van der Waals surface area contributed by atoms with Crippen LogP contribution in [0, 0.1) is 19.7 Å². The fourth-order valence-corrected chi connectivity index (χ4v) is 1.73. The molecule has 4 nitrogen and oxygen atoms in total. The van der Waals surface area contributed by atoms with E-state index < -0.39 is 0 Å². The van der Waals surface area contributed by atoms with E-state index in [0.717, 1.165) is 24.3 Å². The quantitative estimate of drug-likeness (QED) is 0.900. The van der Waals surface area contributed by atoms with Crippen molar-refractivity contribution in [2.75, 3.05) is 11.9 Å². The molecule has 0 aliphatic rings. The second-order valence-corrected chi connectivity index (χ2v) is 4.53. The maximum atomic E-state index is 12.9. The molecule has 1 N–H and O–H groups in total. The van der Waals surface area contributed by atoms with Gasteiger partial charge < -0.3 is 10.1 Å². The van der Waals surface area contributed by atoms with Crippen molar-refractivity contribution >= 4 is 5.82 Å². The lowest BCUT2D eigenvalue weighted by molar-refractivity contribution is 0.454. The van der Waals surface area contributed by atoms with Gasteiger partial charge in [-0.15, -0.1) is 0 Å². The van der Waals surface area contributed by atoms with Crippen molar-refractivity contribution in [1.29, 1.82) is 0 Å². The van der Waals surface area contributed by atoms with Crippen LogP contribution in [0.2, 0.25) is 0 Å². The van der Waals surface area contributed by atoms with Crippen molar-refractivity contribution in [3.05, 3.63) is 41.5 Å². The largest absolute Gasteiger partial charge is 0.439 e. The lowest BCUT2D eigenvalue weighted by atomic mass is 10.3. The van der Waals surface area contributed by atoms with Gasteiger partial charge in [0.05, 0.1) is 5.56 Å². The molecule has 0 aliphatic carbocycles. The minimum Gasteiger partial charge on any atom is -0.439 e. The van der Waals surface area contributed by atoms with Crippen LogP contribution >= 0.6 is 0 Å². The zero-order valence-electron chi connectivity index (χ0n) is 11.9. The van der Waals surface area contributed by atoms with Gasteiger partial charge in [0.1, 0.15) is 23.2 Å². The van der Waals surface area contributed by atoms with Crippen molar-refractivity contribution in [1.82, 2.24) is 9.97 Å². The lowest BCUT2D eigenvalue weighted by Gasteiger charge is -2.13. The highest BCUT2D eigenvalue weighted by molar-refractivity contribution is 5.49. The molecule has 2 aromatic rings. The number of aromatic nitrogens is 2. The van der Waals surface area contributed by atoms with Crippen molar-refractivity contribution in [2.45, 2.75) is 27.2 Å². The summed E-state index contributed by atoms with van der Waals surface area (Å²) in [5.74, 6) is 2.15. The Kier molecular flexibility index (Phi) is 4.50. The Morgan fingerprint density at radius 1 is 1.15 bits per heavy atom. The van der Waals surface area contributed by atoms with Crippen LogP contribution in [0.15, 0.2) is 24.3 Å². The molecule has 1 aromatic carbocycles. The Bertz CT molecular complexity index is 584. The molecule has 0 unspecified atom stereocenters. The van der Waals surface area contributed by atoms with Crippen LogP contribution in [0.1, 0.15) is 24.7 Å². The van der Waals surface area contributed by atoms with Crippen LogP contribution in [0.4, 0.5) is 10.2 Å². The summed E-state index contributed by atoms with van der Waals surface area (Å²) in [6.07, 6.45) is 1.01. The first-order chi connectivity index (χ1) is 9.60. The second kappa shape index (κ2) is 6.32. The summed E-state index contributed by atoms with van der Waals surface area (Å²) in [7, 11) is 0. The van der Waals surface area contributed by atoms with E-state index in [9.17, 15) is 4.39 Å². The summed E-state index contributed by atoms with van der Waals surface area (Å²) in [6.45, 7) is 6.64. The monoisotopic (exact) mass is 275 g/mol. The van der Waals surface area contributed by atoms with Gasteiger partial charge in [-0.05, 0) is 44.5 Å². The number of hydrogen-bond acceptors (Lipinski definition) is 4. The molecule has 2 rings (SSSR count). The smallest absolute Gasteiger partial charge is 0.227 e. The number of aryl methyl sites for hydroxylation is 1. The summed E-state index contributed by atoms with van der Waals surface area (Å²) in [4.78, 5) is 8.66. The number of nitrogens with one attached hydrogen (secondary N) is 1. The van der Waals surface area contributed by atoms with Crippen LogP contribution in [0.25, 0.3) is 0 Å². The summed E-state index contributed by atoms with van der Waals surface area (Å²) in [6, 6.07) is 5.86. The second-order valence-electron chi connectivity index (χ2n) is 4.53. The zero-order valence-corrected chi connectivity index (χ0v) is 11.9. The highest BCUT2D eigenvalue weighted by atomic mass is 19.1. The molecule has 106 valence electrons. The third-order valence-electron chi connectivity index (χ3n) is 2.78. The summed E-state index contributed by atoms with van der Waals surface area (Å²) < 4.78 is 18.6. The number of hydrogen-bond donors (Lipinski definition) is 1. The van der Waals surface area contributed by atoms with Crippen LogP contribution in [0.5, 0.6) is 11.6 Å². The first-order valence-corrected chi connectivity index (χ1v) is 6.62. The predicted octanol–water partition coefficient (Wildman–Crippen LogP) is 3.85. The Hall–Kier alpha value is -2.17. The number of nitrogens with zero attached hydrogens (tertiary/aromatic N) is 2. The van der Waals surface area contributed by atoms with Gasteiger partial charge in [0.15, 0.2) is 0 Å². The van der Waals surface area contributed by atoms with Gasteiger partial charge in [-0.1, -0.05) is 6.92 Å². The molecule has 0 saturated carbocycles. The Balaban J connectivity index is 2.26. The molecule has 0 amide bonds. The van der Waals surface area contributed by atoms with E-state index in [1.165, 1.54) is 12.1 Å². The van der Waals surface area contributed by atoms with Crippen LogP contribution < -0.4 is 10.1 Å². The van der Waals surface area contributed by atoms with E-state index in [4.69, 9.17) is 4.74 Å². The predicted molar refractivity (Wildman–Crippen MR) is 76.8 cm³/mol. The molecule has 20 heavy (non-hydrogen) atoms. The van der Waals surface area contributed by atoms with Gasteiger partial charge in [-0.3, -0.25) is 0 Å². The van der Waals surface area contributed by atoms with Gasteiger partial charge in [-0.2, -0.15) is 4.98 Å². The average Bonchev–Trinajstić information content (AvgIpc) is 2.43. The highest BCUT2D eigenvalue weighted by Gasteiger charge is 2.11. The number of ether oxygens (including phenoxy) is 1. The number of rotatable bonds is 5. The van der Waals surface area contributed by atoms with E-state index in [1.807, 2.05) is 13.8 Å². The number of halogens is 1. The summed E-state index contributed by atoms with van der Waals surface area (Å²) in [5.41, 5.74) is 0.841. The van der Waals surface area contributed by atoms with Gasteiger partial charge in [0.25, 0.3) is 0 Å². The van der Waals surface area contributed by atoms with Gasteiger partial charge in [-0.25, -0.2) is 9.37 Å². The molecule has 1 heterocycles. The Morgan fingerprint density at radius 3 is 2.50 bits per heavy atom.